The summed E-state index contributed by atoms with van der Waals surface area (Å²) >= 11 is 0. The van der Waals surface area contributed by atoms with Gasteiger partial charge in [0.1, 0.15) is 11.6 Å². The molecule has 4 heterocycles. The normalized spacial score (nSPS) is 15.7. The van der Waals surface area contributed by atoms with E-state index in [2.05, 4.69) is 32.1 Å². The molecule has 2 aromatic heterocycles. The van der Waals surface area contributed by atoms with Crippen molar-refractivity contribution < 1.29 is 14.3 Å². The van der Waals surface area contributed by atoms with Crippen LogP contribution in [0, 0.1) is 5.41 Å². The van der Waals surface area contributed by atoms with Gasteiger partial charge in [0.25, 0.3) is 5.91 Å². The molecule has 41 heavy (non-hydrogen) atoms. The van der Waals surface area contributed by atoms with Gasteiger partial charge >= 0.3 is 0 Å². The number of ether oxygens (including phenoxy) is 1. The van der Waals surface area contributed by atoms with Gasteiger partial charge in [0.05, 0.1) is 24.3 Å². The summed E-state index contributed by atoms with van der Waals surface area (Å²) in [7, 11) is 0. The second-order valence-corrected chi connectivity index (χ2v) is 9.69. The minimum Gasteiger partial charge on any atom is -0.378 e. The van der Waals surface area contributed by atoms with Gasteiger partial charge in [0.2, 0.25) is 11.9 Å². The van der Waals surface area contributed by atoms with E-state index in [-0.39, 0.29) is 23.8 Å². The maximum Gasteiger partial charge on any atom is 0.253 e. The van der Waals surface area contributed by atoms with Crippen molar-refractivity contribution in [1.29, 1.82) is 5.41 Å². The number of amides is 2. The van der Waals surface area contributed by atoms with E-state index < -0.39 is 0 Å². The average molecular weight is 557 g/mol. The Kier molecular flexibility index (Phi) is 8.44. The van der Waals surface area contributed by atoms with Gasteiger partial charge < -0.3 is 36.3 Å². The van der Waals surface area contributed by atoms with Crippen LogP contribution in [-0.2, 0) is 9.53 Å². The molecule has 0 unspecified atom stereocenters. The Hall–Kier alpha value is -4.91. The van der Waals surface area contributed by atoms with Gasteiger partial charge in [-0.05, 0) is 43.2 Å². The molecule has 5 N–H and O–H groups in total. The molecule has 0 saturated carbocycles. The highest BCUT2D eigenvalue weighted by Crippen LogP contribution is 2.29. The SMILES string of the molecule is C=CC(=O)Nc1ccc(C(=O)N2CCC(Nc3nc(-c4cnc(N)nc4)nc(N4CCOCC4)c3C=N)CC2)cc1. The third kappa shape index (κ3) is 6.47. The van der Waals surface area contributed by atoms with Crippen molar-refractivity contribution >= 4 is 41.3 Å². The third-order valence-corrected chi connectivity index (χ3v) is 7.02. The van der Waals surface area contributed by atoms with Crippen molar-refractivity contribution in [3.63, 3.8) is 0 Å². The Morgan fingerprint density at radius 2 is 1.73 bits per heavy atom. The molecule has 2 fully saturated rings. The van der Waals surface area contributed by atoms with Gasteiger partial charge in [0, 0.05) is 62.1 Å². The standard InChI is InChI=1S/C28H32N10O3/c1-2-23(39)33-20-5-3-18(4-6-20)27(40)38-9-7-21(8-10-38)34-25-22(15-29)26(37-11-13-41-14-12-37)36-24(35-25)19-16-31-28(30)32-17-19/h2-6,15-17,21,29H,1,7-14H2,(H,33,39)(H2,30,31,32)(H,34,35,36). The summed E-state index contributed by atoms with van der Waals surface area (Å²) in [5, 5.41) is 14.4. The zero-order valence-electron chi connectivity index (χ0n) is 22.5. The van der Waals surface area contributed by atoms with Crippen molar-refractivity contribution in [3.8, 4) is 11.4 Å². The van der Waals surface area contributed by atoms with E-state index in [1.54, 1.807) is 36.7 Å². The molecule has 0 radical (unpaired) electrons. The van der Waals surface area contributed by atoms with Gasteiger partial charge in [-0.25, -0.2) is 19.9 Å². The number of nitrogens with two attached hydrogens (primary N) is 1. The zero-order valence-corrected chi connectivity index (χ0v) is 22.5. The predicted molar refractivity (Wildman–Crippen MR) is 156 cm³/mol. The van der Waals surface area contributed by atoms with Gasteiger partial charge in [-0.2, -0.15) is 0 Å². The minimum absolute atomic E-state index is 0.0391. The maximum atomic E-state index is 13.1. The maximum absolute atomic E-state index is 13.1. The molecule has 2 aliphatic heterocycles. The fraction of sp³-hybridized carbons (Fsp3) is 0.321. The Bertz CT molecular complexity index is 1410. The lowest BCUT2D eigenvalue weighted by Crippen LogP contribution is -2.42. The summed E-state index contributed by atoms with van der Waals surface area (Å²) < 4.78 is 5.52. The topological polar surface area (TPSA) is 175 Å². The quantitative estimate of drug-likeness (QED) is 0.238. The summed E-state index contributed by atoms with van der Waals surface area (Å²) in [5.74, 6) is 1.42. The van der Waals surface area contributed by atoms with Crippen LogP contribution in [0.3, 0.4) is 0 Å². The van der Waals surface area contributed by atoms with Crippen molar-refractivity contribution in [2.24, 2.45) is 0 Å². The van der Waals surface area contributed by atoms with Gasteiger partial charge in [-0.15, -0.1) is 0 Å². The van der Waals surface area contributed by atoms with Crippen LogP contribution in [0.4, 0.5) is 23.3 Å². The van der Waals surface area contributed by atoms with Crippen LogP contribution in [0.5, 0.6) is 0 Å². The van der Waals surface area contributed by atoms with E-state index in [4.69, 9.17) is 25.8 Å². The minimum atomic E-state index is -0.306. The van der Waals surface area contributed by atoms with E-state index in [9.17, 15) is 9.59 Å². The number of hydrogen-bond donors (Lipinski definition) is 4. The van der Waals surface area contributed by atoms with Crippen LogP contribution in [0.2, 0.25) is 0 Å². The van der Waals surface area contributed by atoms with Gasteiger partial charge in [0.15, 0.2) is 5.82 Å². The molecule has 2 aliphatic rings. The smallest absolute Gasteiger partial charge is 0.253 e. The van der Waals surface area contributed by atoms with Crippen molar-refractivity contribution in [3.05, 3.63) is 60.4 Å². The van der Waals surface area contributed by atoms with Crippen molar-refractivity contribution in [2.45, 2.75) is 18.9 Å². The first-order valence-electron chi connectivity index (χ1n) is 13.4. The molecule has 13 nitrogen and oxygen atoms in total. The highest BCUT2D eigenvalue weighted by Gasteiger charge is 2.27. The second kappa shape index (κ2) is 12.5. The van der Waals surface area contributed by atoms with Crippen LogP contribution in [0.1, 0.15) is 28.8 Å². The fourth-order valence-corrected chi connectivity index (χ4v) is 4.79. The van der Waals surface area contributed by atoms with Crippen molar-refractivity contribution in [1.82, 2.24) is 24.8 Å². The van der Waals surface area contributed by atoms with Crippen LogP contribution >= 0.6 is 0 Å². The number of carbonyl (C=O) groups is 2. The van der Waals surface area contributed by atoms with E-state index in [1.807, 2.05) is 4.90 Å². The molecule has 3 aromatic rings. The number of carbonyl (C=O) groups excluding carboxylic acids is 2. The van der Waals surface area contributed by atoms with E-state index in [0.29, 0.717) is 92.1 Å². The van der Waals surface area contributed by atoms with Gasteiger partial charge in [-0.1, -0.05) is 6.58 Å². The highest BCUT2D eigenvalue weighted by molar-refractivity contribution is 6.00. The Balaban J connectivity index is 1.31. The predicted octanol–water partition coefficient (Wildman–Crippen LogP) is 2.19. The molecule has 0 bridgehead atoms. The zero-order chi connectivity index (χ0) is 28.8. The van der Waals surface area contributed by atoms with Crippen LogP contribution < -0.4 is 21.3 Å². The lowest BCUT2D eigenvalue weighted by molar-refractivity contribution is -0.111. The number of nitrogens with one attached hydrogen (secondary N) is 3. The molecule has 13 heteroatoms. The number of likely N-dealkylation sites (tertiary alicyclic amines) is 1. The molecule has 1 aromatic carbocycles. The summed E-state index contributed by atoms with van der Waals surface area (Å²) in [6, 6.07) is 6.85. The summed E-state index contributed by atoms with van der Waals surface area (Å²) in [5.41, 5.74) is 8.04. The van der Waals surface area contributed by atoms with E-state index in [1.165, 1.54) is 12.3 Å². The molecule has 0 atom stereocenters. The Morgan fingerprint density at radius 3 is 2.37 bits per heavy atom. The number of nitrogens with zero attached hydrogens (tertiary/aromatic N) is 6. The number of morpholine rings is 1. The number of rotatable bonds is 8. The number of aromatic nitrogens is 4. The summed E-state index contributed by atoms with van der Waals surface area (Å²) in [6.45, 7) is 7.01. The summed E-state index contributed by atoms with van der Waals surface area (Å²) in [6.07, 6.45) is 7.04. The molecule has 212 valence electrons. The lowest BCUT2D eigenvalue weighted by atomic mass is 10.0. The van der Waals surface area contributed by atoms with Crippen LogP contribution in [0.25, 0.3) is 11.4 Å². The summed E-state index contributed by atoms with van der Waals surface area (Å²) in [4.78, 5) is 46.2. The van der Waals surface area contributed by atoms with Gasteiger partial charge in [-0.3, -0.25) is 9.59 Å². The number of nitrogen functional groups attached to an aromatic ring is 1. The third-order valence-electron chi connectivity index (χ3n) is 7.02. The van der Waals surface area contributed by atoms with Crippen molar-refractivity contribution in [2.75, 3.05) is 60.7 Å². The number of piperidine rings is 1. The number of anilines is 4. The molecular weight excluding hydrogens is 524 g/mol. The monoisotopic (exact) mass is 556 g/mol. The fourth-order valence-electron chi connectivity index (χ4n) is 4.79. The second-order valence-electron chi connectivity index (χ2n) is 9.69. The Morgan fingerprint density at radius 1 is 1.05 bits per heavy atom. The van der Waals surface area contributed by atoms with Crippen LogP contribution in [-0.4, -0.2) is 88.3 Å². The molecule has 5 rings (SSSR count). The molecule has 2 amide bonds. The largest absolute Gasteiger partial charge is 0.378 e. The highest BCUT2D eigenvalue weighted by atomic mass is 16.5. The first-order chi connectivity index (χ1) is 19.9. The van der Waals surface area contributed by atoms with E-state index in [0.717, 1.165) is 0 Å². The lowest BCUT2D eigenvalue weighted by Gasteiger charge is -2.34. The average Bonchev–Trinajstić information content (AvgIpc) is 3.02. The van der Waals surface area contributed by atoms with E-state index >= 15 is 0 Å². The molecule has 0 aliphatic carbocycles. The van der Waals surface area contributed by atoms with Crippen LogP contribution in [0.15, 0.2) is 49.3 Å². The number of benzene rings is 1. The Labute approximate surface area is 237 Å². The molecular formula is C28H32N10O3. The first-order valence-corrected chi connectivity index (χ1v) is 13.4. The molecule has 2 saturated heterocycles. The first kappa shape index (κ1) is 27.6. The molecule has 0 spiro atoms. The number of hydrogen-bond acceptors (Lipinski definition) is 11.